The number of rotatable bonds is 4. The van der Waals surface area contributed by atoms with Crippen molar-refractivity contribution < 1.29 is 14.3 Å². The smallest absolute Gasteiger partial charge is 0.229 e. The fraction of sp³-hybridized carbons (Fsp3) is 0.235. The minimum atomic E-state index is -0.0368. The zero-order valence-corrected chi connectivity index (χ0v) is 11.6. The minimum Gasteiger partial charge on any atom is -0.457 e. The summed E-state index contributed by atoms with van der Waals surface area (Å²) in [6.07, 6.45) is 0.793. The number of para-hydroxylation sites is 1. The zero-order valence-electron chi connectivity index (χ0n) is 11.6. The van der Waals surface area contributed by atoms with Gasteiger partial charge in [-0.2, -0.15) is 0 Å². The lowest BCUT2D eigenvalue weighted by molar-refractivity contribution is -0.119. The molecule has 4 heteroatoms. The fourth-order valence-electron chi connectivity index (χ4n) is 2.22. The van der Waals surface area contributed by atoms with Crippen molar-refractivity contribution in [2.45, 2.75) is 6.42 Å². The highest BCUT2D eigenvalue weighted by Crippen LogP contribution is 2.23. The number of benzene rings is 2. The average Bonchev–Trinajstić information content (AvgIpc) is 3.05. The van der Waals surface area contributed by atoms with Crippen LogP contribution in [-0.4, -0.2) is 19.1 Å². The predicted molar refractivity (Wildman–Crippen MR) is 80.5 cm³/mol. The molecular weight excluding hydrogens is 266 g/mol. The summed E-state index contributed by atoms with van der Waals surface area (Å²) in [6.45, 7) is 1.18. The van der Waals surface area contributed by atoms with Crippen LogP contribution in [0.3, 0.4) is 0 Å². The van der Waals surface area contributed by atoms with E-state index in [1.165, 1.54) is 0 Å². The Morgan fingerprint density at radius 1 is 1.05 bits per heavy atom. The quantitative estimate of drug-likeness (QED) is 0.934. The molecule has 1 aliphatic heterocycles. The van der Waals surface area contributed by atoms with E-state index in [9.17, 15) is 4.79 Å². The second-order valence-corrected chi connectivity index (χ2v) is 4.99. The summed E-state index contributed by atoms with van der Waals surface area (Å²) in [7, 11) is 0. The number of carbonyl (C=O) groups is 1. The van der Waals surface area contributed by atoms with Crippen molar-refractivity contribution in [3.63, 3.8) is 0 Å². The molecule has 1 N–H and O–H groups in total. The molecular formula is C17H17NO3. The molecule has 0 aliphatic carbocycles. The molecule has 0 radical (unpaired) electrons. The molecule has 0 aromatic heterocycles. The average molecular weight is 283 g/mol. The lowest BCUT2D eigenvalue weighted by Crippen LogP contribution is -2.22. The van der Waals surface area contributed by atoms with Crippen molar-refractivity contribution >= 4 is 11.6 Å². The lowest BCUT2D eigenvalue weighted by Gasteiger charge is -2.10. The van der Waals surface area contributed by atoms with Gasteiger partial charge in [-0.25, -0.2) is 0 Å². The third-order valence-electron chi connectivity index (χ3n) is 3.40. The molecule has 0 bridgehead atoms. The highest BCUT2D eigenvalue weighted by molar-refractivity contribution is 5.92. The molecule has 2 aromatic rings. The lowest BCUT2D eigenvalue weighted by atomic mass is 10.1. The Bertz CT molecular complexity index is 589. The van der Waals surface area contributed by atoms with Gasteiger partial charge in [0.1, 0.15) is 11.5 Å². The van der Waals surface area contributed by atoms with E-state index in [4.69, 9.17) is 9.47 Å². The van der Waals surface area contributed by atoms with E-state index < -0.39 is 0 Å². The van der Waals surface area contributed by atoms with Crippen molar-refractivity contribution in [1.29, 1.82) is 0 Å². The summed E-state index contributed by atoms with van der Waals surface area (Å²) in [5, 5.41) is 2.90. The first-order valence-corrected chi connectivity index (χ1v) is 7.03. The van der Waals surface area contributed by atoms with E-state index in [-0.39, 0.29) is 11.8 Å². The van der Waals surface area contributed by atoms with E-state index in [0.29, 0.717) is 13.2 Å². The van der Waals surface area contributed by atoms with Crippen LogP contribution in [0.1, 0.15) is 6.42 Å². The summed E-state index contributed by atoms with van der Waals surface area (Å²) >= 11 is 0. The van der Waals surface area contributed by atoms with Crippen LogP contribution in [0.15, 0.2) is 54.6 Å². The van der Waals surface area contributed by atoms with Gasteiger partial charge in [0.15, 0.2) is 0 Å². The maximum absolute atomic E-state index is 12.0. The summed E-state index contributed by atoms with van der Waals surface area (Å²) in [5.74, 6) is 1.51. The van der Waals surface area contributed by atoms with E-state index in [2.05, 4.69) is 5.32 Å². The van der Waals surface area contributed by atoms with Gasteiger partial charge in [0.25, 0.3) is 0 Å². The second-order valence-electron chi connectivity index (χ2n) is 4.99. The van der Waals surface area contributed by atoms with E-state index in [1.807, 2.05) is 54.6 Å². The van der Waals surface area contributed by atoms with Gasteiger partial charge in [-0.1, -0.05) is 18.2 Å². The van der Waals surface area contributed by atoms with Crippen LogP contribution in [0.5, 0.6) is 11.5 Å². The minimum absolute atomic E-state index is 0.0178. The number of ether oxygens (including phenoxy) is 2. The Morgan fingerprint density at radius 3 is 2.43 bits per heavy atom. The number of nitrogens with one attached hydrogen (secondary N) is 1. The Labute approximate surface area is 123 Å². The Hall–Kier alpha value is -2.33. The summed E-state index contributed by atoms with van der Waals surface area (Å²) in [6, 6.07) is 16.9. The molecule has 2 aromatic carbocycles. The molecule has 108 valence electrons. The predicted octanol–water partition coefficient (Wildman–Crippen LogP) is 3.45. The molecule has 1 heterocycles. The van der Waals surface area contributed by atoms with Crippen LogP contribution < -0.4 is 10.1 Å². The van der Waals surface area contributed by atoms with Crippen LogP contribution in [0.4, 0.5) is 5.69 Å². The highest BCUT2D eigenvalue weighted by atomic mass is 16.5. The first kappa shape index (κ1) is 13.6. The Kier molecular flexibility index (Phi) is 4.17. The van der Waals surface area contributed by atoms with E-state index >= 15 is 0 Å². The molecule has 1 saturated heterocycles. The molecule has 0 saturated carbocycles. The van der Waals surface area contributed by atoms with Crippen molar-refractivity contribution in [3.8, 4) is 11.5 Å². The first-order valence-electron chi connectivity index (χ1n) is 7.03. The number of carbonyl (C=O) groups excluding carboxylic acids is 1. The highest BCUT2D eigenvalue weighted by Gasteiger charge is 2.23. The summed E-state index contributed by atoms with van der Waals surface area (Å²) in [5.41, 5.74) is 0.771. The van der Waals surface area contributed by atoms with Crippen molar-refractivity contribution in [1.82, 2.24) is 0 Å². The van der Waals surface area contributed by atoms with Gasteiger partial charge in [0.2, 0.25) is 5.91 Å². The Balaban J connectivity index is 1.60. The largest absolute Gasteiger partial charge is 0.457 e. The second kappa shape index (κ2) is 6.41. The molecule has 1 aliphatic rings. The summed E-state index contributed by atoms with van der Waals surface area (Å²) < 4.78 is 10.9. The number of hydrogen-bond acceptors (Lipinski definition) is 3. The van der Waals surface area contributed by atoms with Gasteiger partial charge in [-0.05, 0) is 42.8 Å². The third kappa shape index (κ3) is 3.61. The molecule has 1 amide bonds. The van der Waals surface area contributed by atoms with E-state index in [0.717, 1.165) is 23.6 Å². The maximum Gasteiger partial charge on any atom is 0.229 e. The van der Waals surface area contributed by atoms with Gasteiger partial charge in [0.05, 0.1) is 12.5 Å². The normalized spacial score (nSPS) is 17.4. The molecule has 4 nitrogen and oxygen atoms in total. The molecule has 21 heavy (non-hydrogen) atoms. The SMILES string of the molecule is O=C(Nc1ccc(Oc2ccccc2)cc1)C1CCOC1. The molecule has 1 unspecified atom stereocenters. The van der Waals surface area contributed by atoms with Gasteiger partial charge in [-0.15, -0.1) is 0 Å². The number of hydrogen-bond donors (Lipinski definition) is 1. The van der Waals surface area contributed by atoms with Gasteiger partial charge in [-0.3, -0.25) is 4.79 Å². The van der Waals surface area contributed by atoms with Crippen molar-refractivity contribution in [2.24, 2.45) is 5.92 Å². The standard InChI is InChI=1S/C17H17NO3/c19-17(13-10-11-20-12-13)18-14-6-8-16(9-7-14)21-15-4-2-1-3-5-15/h1-9,13H,10-12H2,(H,18,19). The maximum atomic E-state index is 12.0. The molecule has 0 spiro atoms. The summed E-state index contributed by atoms with van der Waals surface area (Å²) in [4.78, 5) is 12.0. The Morgan fingerprint density at radius 2 is 1.76 bits per heavy atom. The van der Waals surface area contributed by atoms with Crippen LogP contribution in [-0.2, 0) is 9.53 Å². The topological polar surface area (TPSA) is 47.6 Å². The van der Waals surface area contributed by atoms with Crippen LogP contribution in [0.2, 0.25) is 0 Å². The molecule has 1 fully saturated rings. The van der Waals surface area contributed by atoms with Crippen molar-refractivity contribution in [3.05, 3.63) is 54.6 Å². The van der Waals surface area contributed by atoms with Gasteiger partial charge < -0.3 is 14.8 Å². The van der Waals surface area contributed by atoms with Crippen LogP contribution >= 0.6 is 0 Å². The molecule has 3 rings (SSSR count). The van der Waals surface area contributed by atoms with Crippen molar-refractivity contribution in [2.75, 3.05) is 18.5 Å². The van der Waals surface area contributed by atoms with Gasteiger partial charge >= 0.3 is 0 Å². The number of amides is 1. The monoisotopic (exact) mass is 283 g/mol. The number of anilines is 1. The third-order valence-corrected chi connectivity index (χ3v) is 3.40. The van der Waals surface area contributed by atoms with Crippen LogP contribution in [0, 0.1) is 5.92 Å². The first-order chi connectivity index (χ1) is 10.3. The molecule has 1 atom stereocenters. The van der Waals surface area contributed by atoms with E-state index in [1.54, 1.807) is 0 Å². The fourth-order valence-corrected chi connectivity index (χ4v) is 2.22. The zero-order chi connectivity index (χ0) is 14.5. The van der Waals surface area contributed by atoms with Gasteiger partial charge in [0, 0.05) is 12.3 Å². The van der Waals surface area contributed by atoms with Crippen LogP contribution in [0.25, 0.3) is 0 Å².